The molecule has 1 aromatic heterocycles. The quantitative estimate of drug-likeness (QED) is 0.457. The van der Waals surface area contributed by atoms with Crippen LogP contribution >= 0.6 is 11.3 Å². The van der Waals surface area contributed by atoms with Gasteiger partial charge in [-0.1, -0.05) is 6.07 Å². The van der Waals surface area contributed by atoms with E-state index in [0.717, 1.165) is 11.3 Å². The number of nitrogens with zero attached hydrogens (tertiary/aromatic N) is 1. The Morgan fingerprint density at radius 2 is 2.07 bits per heavy atom. The van der Waals surface area contributed by atoms with E-state index in [1.54, 1.807) is 19.1 Å². The molecular formula is C8H6NNaO3S2. The Balaban J connectivity index is 0.00000112. The van der Waals surface area contributed by atoms with Crippen LogP contribution in [0.15, 0.2) is 22.5 Å². The van der Waals surface area contributed by atoms with Crippen LogP contribution in [-0.4, -0.2) is 18.0 Å². The van der Waals surface area contributed by atoms with Gasteiger partial charge in [0.05, 0.1) is 20.6 Å². The second-order valence-electron chi connectivity index (χ2n) is 2.87. The summed E-state index contributed by atoms with van der Waals surface area (Å²) in [6.07, 6.45) is 0. The maximum absolute atomic E-state index is 11.0. The van der Waals surface area contributed by atoms with E-state index in [1.807, 2.05) is 0 Å². The molecule has 0 aliphatic rings. The summed E-state index contributed by atoms with van der Waals surface area (Å²) in [5.74, 6) is 0. The van der Waals surface area contributed by atoms with E-state index in [-0.39, 0.29) is 34.5 Å². The van der Waals surface area contributed by atoms with Crippen molar-refractivity contribution in [2.24, 2.45) is 0 Å². The molecule has 0 N–H and O–H groups in total. The molecule has 7 heteroatoms. The van der Waals surface area contributed by atoms with Crippen LogP contribution in [0, 0.1) is 6.92 Å². The molecular weight excluding hydrogens is 245 g/mol. The predicted molar refractivity (Wildman–Crippen MR) is 52.3 cm³/mol. The van der Waals surface area contributed by atoms with Crippen LogP contribution in [0.2, 0.25) is 0 Å². The van der Waals surface area contributed by atoms with Crippen LogP contribution in [0.1, 0.15) is 5.56 Å². The molecule has 1 aromatic carbocycles. The molecule has 0 radical (unpaired) electrons. The molecule has 1 heterocycles. The van der Waals surface area contributed by atoms with Crippen molar-refractivity contribution in [1.29, 1.82) is 0 Å². The Labute approximate surface area is 113 Å². The molecule has 0 amide bonds. The molecule has 0 atom stereocenters. The fourth-order valence-electron chi connectivity index (χ4n) is 1.31. The minimum absolute atomic E-state index is 0. The predicted octanol–water partition coefficient (Wildman–Crippen LogP) is -1.49. The summed E-state index contributed by atoms with van der Waals surface area (Å²) in [6.45, 7) is 1.60. The van der Waals surface area contributed by atoms with Crippen LogP contribution in [0.3, 0.4) is 0 Å². The number of hydrogen-bond donors (Lipinski definition) is 0. The standard InChI is InChI=1S/C8H7NO3S2.Na/c1-5-2-3-6-7(13-4-9-6)8(5)14(10,11)12;/h2-4H,1H3,(H,10,11,12);/q;+1/p-1. The second-order valence-corrected chi connectivity index (χ2v) is 5.04. The van der Waals surface area contributed by atoms with Gasteiger partial charge in [0.25, 0.3) is 0 Å². The molecule has 0 saturated carbocycles. The van der Waals surface area contributed by atoms with Gasteiger partial charge in [0.1, 0.15) is 10.1 Å². The van der Waals surface area contributed by atoms with E-state index in [9.17, 15) is 13.0 Å². The van der Waals surface area contributed by atoms with Gasteiger partial charge in [0, 0.05) is 0 Å². The maximum atomic E-state index is 11.0. The van der Waals surface area contributed by atoms with E-state index in [2.05, 4.69) is 4.98 Å². The topological polar surface area (TPSA) is 70.1 Å². The summed E-state index contributed by atoms with van der Waals surface area (Å²) in [5, 5.41) is 0. The number of benzene rings is 1. The van der Waals surface area contributed by atoms with Crippen molar-refractivity contribution in [2.75, 3.05) is 0 Å². The monoisotopic (exact) mass is 251 g/mol. The molecule has 0 fully saturated rings. The first-order valence-corrected chi connectivity index (χ1v) is 6.07. The van der Waals surface area contributed by atoms with Crippen LogP contribution < -0.4 is 29.6 Å². The Hall–Kier alpha value is 0.0200. The van der Waals surface area contributed by atoms with E-state index in [0.29, 0.717) is 15.8 Å². The van der Waals surface area contributed by atoms with Crippen LogP contribution in [0.5, 0.6) is 0 Å². The average molecular weight is 251 g/mol. The van der Waals surface area contributed by atoms with Crippen molar-refractivity contribution in [1.82, 2.24) is 4.98 Å². The molecule has 74 valence electrons. The Morgan fingerprint density at radius 3 is 2.67 bits per heavy atom. The van der Waals surface area contributed by atoms with E-state index < -0.39 is 10.1 Å². The van der Waals surface area contributed by atoms with Crippen LogP contribution in [0.4, 0.5) is 0 Å². The molecule has 2 aromatic rings. The average Bonchev–Trinajstić information content (AvgIpc) is 2.48. The second kappa shape index (κ2) is 4.48. The number of hydrogen-bond acceptors (Lipinski definition) is 5. The largest absolute Gasteiger partial charge is 1.00 e. The molecule has 0 aliphatic carbocycles. The van der Waals surface area contributed by atoms with Gasteiger partial charge in [-0.25, -0.2) is 13.4 Å². The van der Waals surface area contributed by atoms with Crippen molar-refractivity contribution in [3.8, 4) is 0 Å². The summed E-state index contributed by atoms with van der Waals surface area (Å²) in [4.78, 5) is 3.81. The Morgan fingerprint density at radius 1 is 1.40 bits per heavy atom. The number of fused-ring (bicyclic) bond motifs is 1. The number of aromatic nitrogens is 1. The Bertz CT molecular complexity index is 591. The van der Waals surface area contributed by atoms with E-state index >= 15 is 0 Å². The number of rotatable bonds is 1. The van der Waals surface area contributed by atoms with E-state index in [1.165, 1.54) is 5.51 Å². The minimum atomic E-state index is -4.41. The first-order chi connectivity index (χ1) is 6.50. The summed E-state index contributed by atoms with van der Waals surface area (Å²) >= 11 is 1.16. The molecule has 0 aliphatic heterocycles. The molecule has 15 heavy (non-hydrogen) atoms. The fourth-order valence-corrected chi connectivity index (χ4v) is 3.34. The molecule has 0 spiro atoms. The molecule has 0 bridgehead atoms. The van der Waals surface area contributed by atoms with Crippen LogP contribution in [0.25, 0.3) is 10.2 Å². The van der Waals surface area contributed by atoms with Crippen molar-refractivity contribution in [2.45, 2.75) is 11.8 Å². The summed E-state index contributed by atoms with van der Waals surface area (Å²) in [7, 11) is -4.41. The van der Waals surface area contributed by atoms with Crippen molar-refractivity contribution in [3.05, 3.63) is 23.2 Å². The van der Waals surface area contributed by atoms with Gasteiger partial charge in [0.2, 0.25) is 0 Å². The third-order valence-electron chi connectivity index (χ3n) is 1.90. The molecule has 0 saturated heterocycles. The third-order valence-corrected chi connectivity index (χ3v) is 3.92. The summed E-state index contributed by atoms with van der Waals surface area (Å²) < 4.78 is 33.4. The first kappa shape index (κ1) is 13.1. The summed E-state index contributed by atoms with van der Waals surface area (Å²) in [5.41, 5.74) is 2.55. The third kappa shape index (κ3) is 2.41. The van der Waals surface area contributed by atoms with Crippen molar-refractivity contribution >= 4 is 31.7 Å². The zero-order valence-corrected chi connectivity index (χ0v) is 11.9. The van der Waals surface area contributed by atoms with E-state index in [4.69, 9.17) is 0 Å². The van der Waals surface area contributed by atoms with Crippen LogP contribution in [-0.2, 0) is 10.1 Å². The van der Waals surface area contributed by atoms with Gasteiger partial charge in [0.15, 0.2) is 0 Å². The number of thiazole rings is 1. The molecule has 0 unspecified atom stereocenters. The molecule has 2 rings (SSSR count). The van der Waals surface area contributed by atoms with Gasteiger partial charge in [-0.15, -0.1) is 11.3 Å². The Kier molecular flexibility index (Phi) is 3.91. The fraction of sp³-hybridized carbons (Fsp3) is 0.125. The van der Waals surface area contributed by atoms with Crippen molar-refractivity contribution < 1.29 is 42.5 Å². The number of aryl methyl sites for hydroxylation is 1. The minimum Gasteiger partial charge on any atom is -0.744 e. The first-order valence-electron chi connectivity index (χ1n) is 3.79. The summed E-state index contributed by atoms with van der Waals surface area (Å²) in [6, 6.07) is 3.29. The van der Waals surface area contributed by atoms with Gasteiger partial charge in [-0.05, 0) is 18.6 Å². The SMILES string of the molecule is Cc1ccc2ncsc2c1S(=O)(=O)[O-].[Na+]. The van der Waals surface area contributed by atoms with Gasteiger partial charge >= 0.3 is 29.6 Å². The maximum Gasteiger partial charge on any atom is 1.00 e. The smallest absolute Gasteiger partial charge is 0.744 e. The zero-order chi connectivity index (χ0) is 10.3. The zero-order valence-electron chi connectivity index (χ0n) is 8.22. The van der Waals surface area contributed by atoms with Gasteiger partial charge in [-0.2, -0.15) is 0 Å². The van der Waals surface area contributed by atoms with Gasteiger partial charge in [-0.3, -0.25) is 0 Å². The normalized spacial score (nSPS) is 11.3. The van der Waals surface area contributed by atoms with Gasteiger partial charge < -0.3 is 4.55 Å². The molecule has 4 nitrogen and oxygen atoms in total. The van der Waals surface area contributed by atoms with Crippen molar-refractivity contribution in [3.63, 3.8) is 0 Å².